The molecular formula is C27H30BrIN4O9. The Morgan fingerprint density at radius 1 is 1.17 bits per heavy atom. The molecular weight excluding hydrogens is 731 g/mol. The number of amides is 2. The number of hydrogen-bond acceptors (Lipinski definition) is 11. The first-order chi connectivity index (χ1) is 20.1. The molecule has 0 aromatic heterocycles. The summed E-state index contributed by atoms with van der Waals surface area (Å²) in [6, 6.07) is 7.27. The lowest BCUT2D eigenvalue weighted by atomic mass is 9.95. The summed E-state index contributed by atoms with van der Waals surface area (Å²) in [6.45, 7) is 3.35. The Balaban J connectivity index is 1.65. The lowest BCUT2D eigenvalue weighted by molar-refractivity contribution is -0.143. The molecule has 1 aliphatic rings. The van der Waals surface area contributed by atoms with Crippen LogP contribution in [-0.2, 0) is 19.1 Å². The van der Waals surface area contributed by atoms with Gasteiger partial charge in [0.05, 0.1) is 46.7 Å². The largest absolute Gasteiger partial charge is 0.490 e. The number of carbonyl (C=O) groups is 3. The van der Waals surface area contributed by atoms with Crippen molar-refractivity contribution in [2.24, 2.45) is 5.10 Å². The molecule has 0 saturated carbocycles. The highest BCUT2D eigenvalue weighted by molar-refractivity contribution is 14.1. The Hall–Kier alpha value is -3.57. The van der Waals surface area contributed by atoms with Gasteiger partial charge in [-0.05, 0) is 87.8 Å². The molecule has 2 aromatic rings. The van der Waals surface area contributed by atoms with Crippen molar-refractivity contribution < 1.29 is 43.2 Å². The van der Waals surface area contributed by atoms with E-state index in [1.165, 1.54) is 20.4 Å². The van der Waals surface area contributed by atoms with Gasteiger partial charge in [0.15, 0.2) is 24.3 Å². The van der Waals surface area contributed by atoms with E-state index in [2.05, 4.69) is 64.4 Å². The van der Waals surface area contributed by atoms with Crippen LogP contribution in [0.3, 0.4) is 0 Å². The van der Waals surface area contributed by atoms with Crippen LogP contribution in [0.15, 0.2) is 51.2 Å². The predicted molar refractivity (Wildman–Crippen MR) is 163 cm³/mol. The fourth-order valence-electron chi connectivity index (χ4n) is 3.80. The number of benzene rings is 2. The Morgan fingerprint density at radius 3 is 2.60 bits per heavy atom. The second kappa shape index (κ2) is 15.6. The number of rotatable bonds is 13. The normalized spacial score (nSPS) is 15.4. The van der Waals surface area contributed by atoms with Crippen LogP contribution < -0.4 is 30.3 Å². The number of ether oxygens (including phenoxy) is 5. The van der Waals surface area contributed by atoms with Gasteiger partial charge in [0.1, 0.15) is 12.4 Å². The number of nitrogens with zero attached hydrogens (tertiary/aromatic N) is 1. The van der Waals surface area contributed by atoms with E-state index in [1.54, 1.807) is 44.2 Å². The third-order valence-electron chi connectivity index (χ3n) is 5.69. The van der Waals surface area contributed by atoms with Gasteiger partial charge in [0.25, 0.3) is 0 Å². The number of halogens is 2. The molecule has 3 rings (SSSR count). The average Bonchev–Trinajstić information content (AvgIpc) is 2.95. The Bertz CT molecular complexity index is 1360. The average molecular weight is 761 g/mol. The fourth-order valence-corrected chi connectivity index (χ4v) is 5.57. The van der Waals surface area contributed by atoms with E-state index >= 15 is 0 Å². The van der Waals surface area contributed by atoms with E-state index in [-0.39, 0.29) is 18.8 Å². The van der Waals surface area contributed by atoms with Gasteiger partial charge in [-0.25, -0.2) is 14.4 Å². The number of hydrazone groups is 1. The number of nitrogens with one attached hydrogen (secondary N) is 3. The maximum atomic E-state index is 12.4. The number of esters is 2. The van der Waals surface area contributed by atoms with Crippen molar-refractivity contribution >= 4 is 62.7 Å². The van der Waals surface area contributed by atoms with Crippen LogP contribution in [0, 0.1) is 3.57 Å². The zero-order valence-electron chi connectivity index (χ0n) is 23.2. The number of aliphatic hydroxyl groups excluding tert-OH is 1. The van der Waals surface area contributed by atoms with Crippen molar-refractivity contribution in [2.45, 2.75) is 26.1 Å². The van der Waals surface area contributed by atoms with Gasteiger partial charge in [0.2, 0.25) is 0 Å². The summed E-state index contributed by atoms with van der Waals surface area (Å²) < 4.78 is 27.8. The Morgan fingerprint density at radius 2 is 1.93 bits per heavy atom. The maximum absolute atomic E-state index is 12.4. The predicted octanol–water partition coefficient (Wildman–Crippen LogP) is 3.13. The first-order valence-corrected chi connectivity index (χ1v) is 14.4. The van der Waals surface area contributed by atoms with Gasteiger partial charge in [-0.1, -0.05) is 6.07 Å². The summed E-state index contributed by atoms with van der Waals surface area (Å²) >= 11 is 5.49. The van der Waals surface area contributed by atoms with Crippen LogP contribution in [0.1, 0.15) is 31.0 Å². The fraction of sp³-hybridized carbons (Fsp3) is 0.333. The molecule has 0 radical (unpaired) electrons. The highest BCUT2D eigenvalue weighted by Gasteiger charge is 2.32. The molecule has 2 amide bonds. The summed E-state index contributed by atoms with van der Waals surface area (Å²) in [5.74, 6) is 0.110. The number of allylic oxidation sites excluding steroid dienone is 1. The monoisotopic (exact) mass is 760 g/mol. The lowest BCUT2D eigenvalue weighted by Gasteiger charge is -2.28. The number of aliphatic hydroxyl groups is 1. The van der Waals surface area contributed by atoms with E-state index in [1.807, 2.05) is 0 Å². The van der Waals surface area contributed by atoms with E-state index in [4.69, 9.17) is 18.9 Å². The zero-order valence-corrected chi connectivity index (χ0v) is 26.9. The van der Waals surface area contributed by atoms with Gasteiger partial charge in [0, 0.05) is 5.70 Å². The third kappa shape index (κ3) is 8.72. The first kappa shape index (κ1) is 32.9. The number of methoxy groups -OCH3 is 2. The first-order valence-electron chi connectivity index (χ1n) is 12.5. The van der Waals surface area contributed by atoms with Crippen molar-refractivity contribution in [3.05, 3.63) is 60.8 Å². The van der Waals surface area contributed by atoms with Crippen molar-refractivity contribution in [3.63, 3.8) is 0 Å². The summed E-state index contributed by atoms with van der Waals surface area (Å²) in [6.07, 6.45) is 0.336. The molecule has 2 aromatic carbocycles. The minimum Gasteiger partial charge on any atom is -0.490 e. The van der Waals surface area contributed by atoms with Crippen LogP contribution in [-0.4, -0.2) is 69.6 Å². The minimum atomic E-state index is -1.17. The van der Waals surface area contributed by atoms with Gasteiger partial charge in [-0.3, -0.25) is 5.43 Å². The molecule has 226 valence electrons. The number of carbonyl (C=O) groups excluding carboxylic acids is 3. The number of urea groups is 1. The molecule has 0 spiro atoms. The molecule has 1 heterocycles. The van der Waals surface area contributed by atoms with E-state index < -0.39 is 30.2 Å². The van der Waals surface area contributed by atoms with Crippen LogP contribution in [0.2, 0.25) is 0 Å². The summed E-state index contributed by atoms with van der Waals surface area (Å²) in [5.41, 5.74) is 4.51. The van der Waals surface area contributed by atoms with Crippen molar-refractivity contribution in [1.82, 2.24) is 16.1 Å². The van der Waals surface area contributed by atoms with Gasteiger partial charge in [-0.15, -0.1) is 0 Å². The standard InChI is InChI=1S/C27H30BrIN4O9/c1-5-40-20-10-16(24-23(26(36)39-4)14(2)31-27(37)32-24)6-7-19(20)41-12-21(34)33-30-11-15-8-17(28)25(18(29)9-15)42-13-22(35)38-3/h6-11,21,24,33-34H,5,12-13H2,1-4H3,(H2,31,32,37)/b30-11-/t21-,24+/m1/s1. The quantitative estimate of drug-likeness (QED) is 0.0784. The molecule has 0 aliphatic carbocycles. The van der Waals surface area contributed by atoms with Crippen LogP contribution in [0.5, 0.6) is 17.2 Å². The van der Waals surface area contributed by atoms with Crippen molar-refractivity contribution in [3.8, 4) is 17.2 Å². The summed E-state index contributed by atoms with van der Waals surface area (Å²) in [4.78, 5) is 35.9. The second-order valence-corrected chi connectivity index (χ2v) is 10.6. The molecule has 15 heteroatoms. The molecule has 0 unspecified atom stereocenters. The van der Waals surface area contributed by atoms with Crippen molar-refractivity contribution in [2.75, 3.05) is 34.0 Å². The highest BCUT2D eigenvalue weighted by atomic mass is 127. The Labute approximate surface area is 264 Å². The van der Waals surface area contributed by atoms with Crippen LogP contribution in [0.4, 0.5) is 4.79 Å². The van der Waals surface area contributed by atoms with Gasteiger partial charge < -0.3 is 39.4 Å². The molecule has 0 fully saturated rings. The molecule has 2 atom stereocenters. The van der Waals surface area contributed by atoms with Crippen molar-refractivity contribution in [1.29, 1.82) is 0 Å². The second-order valence-electron chi connectivity index (χ2n) is 8.59. The smallest absolute Gasteiger partial charge is 0.343 e. The van der Waals surface area contributed by atoms with Gasteiger partial charge >= 0.3 is 18.0 Å². The lowest BCUT2D eigenvalue weighted by Crippen LogP contribution is -2.45. The molecule has 4 N–H and O–H groups in total. The SMILES string of the molecule is CCOc1cc([C@@H]2NC(=O)NC(C)=C2C(=O)OC)ccc1OC[C@@H](O)N/N=C\c1cc(Br)c(OCC(=O)OC)c(I)c1. The summed E-state index contributed by atoms with van der Waals surface area (Å²) in [7, 11) is 2.55. The topological polar surface area (TPSA) is 166 Å². The zero-order chi connectivity index (χ0) is 30.8. The van der Waals surface area contributed by atoms with Crippen LogP contribution >= 0.6 is 38.5 Å². The molecule has 0 saturated heterocycles. The highest BCUT2D eigenvalue weighted by Crippen LogP contribution is 2.35. The van der Waals surface area contributed by atoms with Crippen LogP contribution in [0.25, 0.3) is 0 Å². The Kier molecular flexibility index (Phi) is 12.2. The third-order valence-corrected chi connectivity index (χ3v) is 7.08. The molecule has 13 nitrogen and oxygen atoms in total. The minimum absolute atomic E-state index is 0.172. The molecule has 1 aliphatic heterocycles. The van der Waals surface area contributed by atoms with E-state index in [0.717, 1.165) is 3.57 Å². The molecule has 0 bridgehead atoms. The summed E-state index contributed by atoms with van der Waals surface area (Å²) in [5, 5.41) is 19.7. The van der Waals surface area contributed by atoms with E-state index in [9.17, 15) is 19.5 Å². The van der Waals surface area contributed by atoms with Gasteiger partial charge in [-0.2, -0.15) is 5.10 Å². The maximum Gasteiger partial charge on any atom is 0.343 e. The van der Waals surface area contributed by atoms with E-state index in [0.29, 0.717) is 45.2 Å². The molecule has 42 heavy (non-hydrogen) atoms. The number of hydrogen-bond donors (Lipinski definition) is 4.